The summed E-state index contributed by atoms with van der Waals surface area (Å²) in [6.07, 6.45) is 2.58. The number of nitrogens with zero attached hydrogens (tertiary/aromatic N) is 5. The molecule has 1 aromatic heterocycles. The maximum Gasteiger partial charge on any atom is 0.367 e. The summed E-state index contributed by atoms with van der Waals surface area (Å²) < 4.78 is 2.29. The second kappa shape index (κ2) is 5.36. The average molecular weight is 225 g/mol. The van der Waals surface area contributed by atoms with E-state index < -0.39 is 0 Å². The first kappa shape index (κ1) is 12.3. The Morgan fingerprint density at radius 3 is 2.69 bits per heavy atom. The topological polar surface area (TPSA) is 73.0 Å². The summed E-state index contributed by atoms with van der Waals surface area (Å²) in [4.78, 5) is 24.2. The molecule has 0 radical (unpaired) electrons. The molecule has 0 aliphatic heterocycles. The molecule has 1 aromatic rings. The van der Waals surface area contributed by atoms with E-state index >= 15 is 0 Å². The molecule has 88 valence electrons. The Hall–Kier alpha value is -1.76. The molecule has 0 bridgehead atoms. The normalized spacial score (nSPS) is 11.5. The van der Waals surface area contributed by atoms with Crippen molar-refractivity contribution >= 4 is 12.0 Å². The highest BCUT2D eigenvalue weighted by Gasteiger charge is 2.04. The summed E-state index contributed by atoms with van der Waals surface area (Å²) in [6.45, 7) is 2.58. The van der Waals surface area contributed by atoms with Crippen molar-refractivity contribution in [3.05, 3.63) is 16.6 Å². The number of ketones is 1. The highest BCUT2D eigenvalue weighted by Crippen LogP contribution is 1.82. The van der Waals surface area contributed by atoms with Gasteiger partial charge in [0.15, 0.2) is 5.78 Å². The molecule has 16 heavy (non-hydrogen) atoms. The second-order valence-corrected chi connectivity index (χ2v) is 3.66. The third kappa shape index (κ3) is 3.43. The Kier molecular flexibility index (Phi) is 4.12. The van der Waals surface area contributed by atoms with Crippen LogP contribution in [0, 0.1) is 0 Å². The first-order valence-corrected chi connectivity index (χ1v) is 4.86. The molecule has 0 atom stereocenters. The third-order valence-corrected chi connectivity index (χ3v) is 1.87. The average Bonchev–Trinajstić information content (AvgIpc) is 2.53. The van der Waals surface area contributed by atoms with Crippen molar-refractivity contribution in [1.82, 2.24) is 24.7 Å². The molecule has 0 N–H and O–H groups in total. The Balaban J connectivity index is 2.77. The Morgan fingerprint density at radius 1 is 1.44 bits per heavy atom. The van der Waals surface area contributed by atoms with Crippen LogP contribution in [0.5, 0.6) is 0 Å². The maximum atomic E-state index is 11.6. The molecule has 0 aromatic carbocycles. The van der Waals surface area contributed by atoms with Gasteiger partial charge in [0.05, 0.1) is 6.54 Å². The van der Waals surface area contributed by atoms with E-state index in [1.807, 2.05) is 19.0 Å². The van der Waals surface area contributed by atoms with Crippen molar-refractivity contribution in [2.75, 3.05) is 20.6 Å². The van der Waals surface area contributed by atoms with Gasteiger partial charge in [-0.15, -0.1) is 0 Å². The predicted molar refractivity (Wildman–Crippen MR) is 58.8 cm³/mol. The van der Waals surface area contributed by atoms with Gasteiger partial charge in [-0.05, 0) is 37.5 Å². The van der Waals surface area contributed by atoms with E-state index in [4.69, 9.17) is 0 Å². The number of carbonyl (C=O) groups is 1. The molecule has 0 fully saturated rings. The fourth-order valence-corrected chi connectivity index (χ4v) is 0.990. The lowest BCUT2D eigenvalue weighted by molar-refractivity contribution is -0.112. The molecular formula is C9H15N5O2. The molecule has 1 rings (SSSR count). The van der Waals surface area contributed by atoms with Gasteiger partial charge in [-0.3, -0.25) is 4.79 Å². The van der Waals surface area contributed by atoms with Crippen LogP contribution in [-0.2, 0) is 11.3 Å². The zero-order chi connectivity index (χ0) is 12.1. The van der Waals surface area contributed by atoms with Crippen LogP contribution in [-0.4, -0.2) is 51.1 Å². The monoisotopic (exact) mass is 225 g/mol. The highest BCUT2D eigenvalue weighted by molar-refractivity contribution is 5.89. The number of rotatable bonds is 5. The van der Waals surface area contributed by atoms with Crippen LogP contribution in [0.4, 0.5) is 0 Å². The summed E-state index contributed by atoms with van der Waals surface area (Å²) in [5, 5.41) is 7.32. The molecule has 0 aliphatic rings. The molecule has 0 saturated carbocycles. The highest BCUT2D eigenvalue weighted by atomic mass is 16.2. The summed E-state index contributed by atoms with van der Waals surface area (Å²) in [5.74, 6) is -0.144. The van der Waals surface area contributed by atoms with Crippen LogP contribution in [0.25, 0.3) is 6.20 Å². The van der Waals surface area contributed by atoms with E-state index in [1.165, 1.54) is 23.9 Å². The number of hydrogen-bond acceptors (Lipinski definition) is 5. The van der Waals surface area contributed by atoms with Crippen molar-refractivity contribution in [2.24, 2.45) is 0 Å². The van der Waals surface area contributed by atoms with Crippen molar-refractivity contribution in [3.63, 3.8) is 0 Å². The number of aromatic nitrogens is 4. The number of hydrogen-bond donors (Lipinski definition) is 0. The number of allylic oxidation sites excluding steroid dienone is 1. The lowest BCUT2D eigenvalue weighted by atomic mass is 10.4. The SMILES string of the molecule is CC(=O)/C=C/n1nnn(CCN(C)C)c1=O. The predicted octanol–water partition coefficient (Wildman–Crippen LogP) is -0.939. The largest absolute Gasteiger partial charge is 0.367 e. The zero-order valence-electron chi connectivity index (χ0n) is 9.62. The van der Waals surface area contributed by atoms with E-state index in [0.29, 0.717) is 13.1 Å². The Bertz CT molecular complexity index is 443. The van der Waals surface area contributed by atoms with E-state index in [0.717, 1.165) is 4.68 Å². The van der Waals surface area contributed by atoms with Gasteiger partial charge >= 0.3 is 5.69 Å². The van der Waals surface area contributed by atoms with Crippen molar-refractivity contribution < 1.29 is 4.79 Å². The van der Waals surface area contributed by atoms with Gasteiger partial charge in [-0.25, -0.2) is 4.79 Å². The lowest BCUT2D eigenvalue weighted by Crippen LogP contribution is -2.28. The summed E-state index contributed by atoms with van der Waals surface area (Å²) >= 11 is 0. The molecule has 0 amide bonds. The van der Waals surface area contributed by atoms with Gasteiger partial charge in [0, 0.05) is 12.7 Å². The lowest BCUT2D eigenvalue weighted by Gasteiger charge is -2.06. The van der Waals surface area contributed by atoms with Crippen molar-refractivity contribution in [3.8, 4) is 0 Å². The molecule has 7 nitrogen and oxygen atoms in total. The van der Waals surface area contributed by atoms with E-state index in [1.54, 1.807) is 0 Å². The zero-order valence-corrected chi connectivity index (χ0v) is 9.62. The molecule has 7 heteroatoms. The smallest absolute Gasteiger partial charge is 0.308 e. The van der Waals surface area contributed by atoms with Crippen LogP contribution in [0.2, 0.25) is 0 Å². The van der Waals surface area contributed by atoms with Crippen LogP contribution < -0.4 is 5.69 Å². The summed E-state index contributed by atoms with van der Waals surface area (Å²) in [6, 6.07) is 0. The van der Waals surface area contributed by atoms with Crippen molar-refractivity contribution in [2.45, 2.75) is 13.5 Å². The third-order valence-electron chi connectivity index (χ3n) is 1.87. The maximum absolute atomic E-state index is 11.6. The second-order valence-electron chi connectivity index (χ2n) is 3.66. The minimum Gasteiger partial charge on any atom is -0.308 e. The van der Waals surface area contributed by atoms with Crippen LogP contribution in [0.1, 0.15) is 6.92 Å². The Labute approximate surface area is 92.9 Å². The van der Waals surface area contributed by atoms with Crippen molar-refractivity contribution in [1.29, 1.82) is 0 Å². The van der Waals surface area contributed by atoms with Gasteiger partial charge in [-0.1, -0.05) is 0 Å². The number of likely N-dealkylation sites (N-methyl/N-ethyl adjacent to an activating group) is 1. The van der Waals surface area contributed by atoms with Gasteiger partial charge < -0.3 is 4.90 Å². The van der Waals surface area contributed by atoms with E-state index in [2.05, 4.69) is 10.4 Å². The fraction of sp³-hybridized carbons (Fsp3) is 0.556. The quantitative estimate of drug-likeness (QED) is 0.605. The Morgan fingerprint density at radius 2 is 2.12 bits per heavy atom. The fourth-order valence-electron chi connectivity index (χ4n) is 0.990. The van der Waals surface area contributed by atoms with Gasteiger partial charge in [-0.2, -0.15) is 9.36 Å². The van der Waals surface area contributed by atoms with Crippen LogP contribution in [0.3, 0.4) is 0 Å². The number of carbonyl (C=O) groups excluding carboxylic acids is 1. The van der Waals surface area contributed by atoms with E-state index in [-0.39, 0.29) is 11.5 Å². The molecule has 0 saturated heterocycles. The molecular weight excluding hydrogens is 210 g/mol. The van der Waals surface area contributed by atoms with Gasteiger partial charge in [0.2, 0.25) is 0 Å². The van der Waals surface area contributed by atoms with E-state index in [9.17, 15) is 9.59 Å². The summed E-state index contributed by atoms with van der Waals surface area (Å²) in [7, 11) is 3.82. The molecule has 0 spiro atoms. The summed E-state index contributed by atoms with van der Waals surface area (Å²) in [5.41, 5.74) is -0.348. The van der Waals surface area contributed by atoms with Crippen LogP contribution in [0.15, 0.2) is 10.9 Å². The first-order chi connectivity index (χ1) is 7.50. The van der Waals surface area contributed by atoms with Gasteiger partial charge in [0.25, 0.3) is 0 Å². The van der Waals surface area contributed by atoms with Gasteiger partial charge in [0.1, 0.15) is 0 Å². The minimum absolute atomic E-state index is 0.144. The van der Waals surface area contributed by atoms with Crippen LogP contribution >= 0.6 is 0 Å². The molecule has 0 aliphatic carbocycles. The first-order valence-electron chi connectivity index (χ1n) is 4.86. The molecule has 0 unspecified atom stereocenters. The number of tetrazole rings is 1. The standard InChI is InChI=1S/C9H15N5O2/c1-8(15)4-5-13-9(16)14(11-10-13)7-6-12(2)3/h4-5H,6-7H2,1-3H3/b5-4+. The molecule has 1 heterocycles. The minimum atomic E-state index is -0.348.